The molecule has 0 saturated carbocycles. The molecule has 7 nitrogen and oxygen atoms in total. The van der Waals surface area contributed by atoms with Crippen LogP contribution in [0.25, 0.3) is 0 Å². The highest BCUT2D eigenvalue weighted by Gasteiger charge is 2.38. The quantitative estimate of drug-likeness (QED) is 0.651. The summed E-state index contributed by atoms with van der Waals surface area (Å²) in [6.07, 6.45) is 3.20. The second-order valence-corrected chi connectivity index (χ2v) is 6.12. The highest BCUT2D eigenvalue weighted by atomic mass is 16.7. The van der Waals surface area contributed by atoms with E-state index in [1.807, 2.05) is 30.3 Å². The fourth-order valence-corrected chi connectivity index (χ4v) is 2.91. The first-order chi connectivity index (χ1) is 13.1. The number of hydrogen-bond donors (Lipinski definition) is 0. The van der Waals surface area contributed by atoms with Gasteiger partial charge in [-0.1, -0.05) is 47.5 Å². The van der Waals surface area contributed by atoms with Crippen molar-refractivity contribution < 1.29 is 19.2 Å². The predicted octanol–water partition coefficient (Wildman–Crippen LogP) is 2.23. The largest absolute Gasteiger partial charge is 0.337 e. The van der Waals surface area contributed by atoms with Crippen molar-refractivity contribution in [2.24, 2.45) is 0 Å². The summed E-state index contributed by atoms with van der Waals surface area (Å²) < 4.78 is 1.71. The van der Waals surface area contributed by atoms with Crippen molar-refractivity contribution in [2.75, 3.05) is 0 Å². The third-order valence-electron chi connectivity index (χ3n) is 4.17. The Bertz CT molecular complexity index is 991. The number of nitrogens with zero attached hydrogens (tertiary/aromatic N) is 3. The summed E-state index contributed by atoms with van der Waals surface area (Å²) in [5.41, 5.74) is 2.17. The maximum Gasteiger partial charge on any atom is 0.337 e. The Morgan fingerprint density at radius 3 is 2.19 bits per heavy atom. The average Bonchev–Trinajstić information content (AvgIpc) is 3.21. The molecule has 2 amide bonds. The van der Waals surface area contributed by atoms with Gasteiger partial charge in [-0.05, 0) is 17.7 Å². The molecule has 1 aliphatic rings. The van der Waals surface area contributed by atoms with Crippen LogP contribution in [0.3, 0.4) is 0 Å². The number of carbonyl (C=O) groups excluding carboxylic acids is 3. The molecule has 134 valence electrons. The molecule has 2 aromatic carbocycles. The molecule has 4 rings (SSSR count). The van der Waals surface area contributed by atoms with E-state index in [9.17, 15) is 14.4 Å². The van der Waals surface area contributed by atoms with Crippen molar-refractivity contribution in [3.63, 3.8) is 0 Å². The van der Waals surface area contributed by atoms with Crippen LogP contribution in [0.2, 0.25) is 0 Å². The van der Waals surface area contributed by atoms with Gasteiger partial charge in [0.2, 0.25) is 0 Å². The van der Waals surface area contributed by atoms with Gasteiger partial charge in [0.25, 0.3) is 11.8 Å². The molecule has 27 heavy (non-hydrogen) atoms. The van der Waals surface area contributed by atoms with Crippen LogP contribution in [0, 0.1) is 0 Å². The number of hydroxylamine groups is 2. The zero-order chi connectivity index (χ0) is 18.8. The third kappa shape index (κ3) is 3.35. The monoisotopic (exact) mass is 361 g/mol. The molecule has 7 heteroatoms. The van der Waals surface area contributed by atoms with E-state index in [0.29, 0.717) is 17.2 Å². The average molecular weight is 361 g/mol. The number of rotatable bonds is 5. The first kappa shape index (κ1) is 16.7. The summed E-state index contributed by atoms with van der Waals surface area (Å²) in [5.74, 6) is -1.98. The van der Waals surface area contributed by atoms with Crippen LogP contribution in [-0.2, 0) is 22.6 Å². The van der Waals surface area contributed by atoms with E-state index < -0.39 is 17.8 Å². The Morgan fingerprint density at radius 2 is 1.52 bits per heavy atom. The molecule has 3 aromatic rings. The lowest BCUT2D eigenvalue weighted by Gasteiger charge is -2.12. The van der Waals surface area contributed by atoms with Crippen molar-refractivity contribution in [3.05, 3.63) is 89.2 Å². The van der Waals surface area contributed by atoms with Gasteiger partial charge in [-0.15, -0.1) is 0 Å². The second-order valence-electron chi connectivity index (χ2n) is 6.12. The Hall–Kier alpha value is -3.74. The van der Waals surface area contributed by atoms with E-state index in [1.165, 1.54) is 12.1 Å². The summed E-state index contributed by atoms with van der Waals surface area (Å²) in [6.45, 7) is 0.578. The highest BCUT2D eigenvalue weighted by Crippen LogP contribution is 2.22. The Labute approximate surface area is 154 Å². The zero-order valence-corrected chi connectivity index (χ0v) is 14.2. The fraction of sp³-hybridized carbons (Fsp3) is 0.100. The minimum Gasteiger partial charge on any atom is -0.329 e. The van der Waals surface area contributed by atoms with Gasteiger partial charge in [0.05, 0.1) is 30.3 Å². The lowest BCUT2D eigenvalue weighted by Crippen LogP contribution is -2.33. The van der Waals surface area contributed by atoms with Gasteiger partial charge in [0.1, 0.15) is 0 Å². The van der Waals surface area contributed by atoms with E-state index >= 15 is 0 Å². The topological polar surface area (TPSA) is 81.5 Å². The summed E-state index contributed by atoms with van der Waals surface area (Å²) in [7, 11) is 0. The Kier molecular flexibility index (Phi) is 4.25. The van der Waals surface area contributed by atoms with Gasteiger partial charge in [-0.3, -0.25) is 14.3 Å². The molecular weight excluding hydrogens is 346 g/mol. The molecule has 0 N–H and O–H groups in total. The highest BCUT2D eigenvalue weighted by molar-refractivity contribution is 6.20. The second kappa shape index (κ2) is 6.87. The lowest BCUT2D eigenvalue weighted by atomic mass is 10.1. The molecule has 0 aliphatic carbocycles. The standard InChI is InChI=1S/C20H15N3O4/c24-18(27-23-19(25)16-8-4-5-9-17(16)20(23)26)10-15-11-21-22(13-15)12-14-6-2-1-3-7-14/h1-9,11,13H,10,12H2. The lowest BCUT2D eigenvalue weighted by molar-refractivity contribution is -0.167. The van der Waals surface area contributed by atoms with E-state index in [1.54, 1.807) is 29.2 Å². The summed E-state index contributed by atoms with van der Waals surface area (Å²) >= 11 is 0. The smallest absolute Gasteiger partial charge is 0.329 e. The van der Waals surface area contributed by atoms with Crippen LogP contribution < -0.4 is 0 Å². The SMILES string of the molecule is O=C(Cc1cnn(Cc2ccccc2)c1)ON1C(=O)c2ccccc2C1=O. The number of amides is 2. The molecule has 0 spiro atoms. The first-order valence-electron chi connectivity index (χ1n) is 8.35. The van der Waals surface area contributed by atoms with E-state index in [0.717, 1.165) is 5.56 Å². The van der Waals surface area contributed by atoms with Crippen LogP contribution in [0.5, 0.6) is 0 Å². The van der Waals surface area contributed by atoms with Crippen molar-refractivity contribution in [2.45, 2.75) is 13.0 Å². The van der Waals surface area contributed by atoms with Gasteiger partial charge < -0.3 is 4.84 Å². The number of hydrogen-bond acceptors (Lipinski definition) is 5. The minimum absolute atomic E-state index is 0.0950. The molecule has 0 unspecified atom stereocenters. The zero-order valence-electron chi connectivity index (χ0n) is 14.2. The van der Waals surface area contributed by atoms with Gasteiger partial charge in [0.15, 0.2) is 0 Å². The first-order valence-corrected chi connectivity index (χ1v) is 8.35. The summed E-state index contributed by atoms with van der Waals surface area (Å²) in [6, 6.07) is 16.1. The van der Waals surface area contributed by atoms with Crippen molar-refractivity contribution in [3.8, 4) is 0 Å². The molecule has 0 atom stereocenters. The van der Waals surface area contributed by atoms with Gasteiger partial charge in [-0.2, -0.15) is 5.10 Å². The van der Waals surface area contributed by atoms with Crippen molar-refractivity contribution >= 4 is 17.8 Å². The minimum atomic E-state index is -0.705. The maximum atomic E-state index is 12.2. The van der Waals surface area contributed by atoms with Crippen LogP contribution in [0.15, 0.2) is 67.0 Å². The Balaban J connectivity index is 1.39. The third-order valence-corrected chi connectivity index (χ3v) is 4.17. The van der Waals surface area contributed by atoms with E-state index in [-0.39, 0.29) is 17.5 Å². The fourth-order valence-electron chi connectivity index (χ4n) is 2.91. The maximum absolute atomic E-state index is 12.2. The van der Waals surface area contributed by atoms with Crippen LogP contribution in [0.4, 0.5) is 0 Å². The molecule has 1 aliphatic heterocycles. The van der Waals surface area contributed by atoms with Crippen molar-refractivity contribution in [1.82, 2.24) is 14.8 Å². The number of imide groups is 1. The number of aromatic nitrogens is 2. The molecule has 0 fully saturated rings. The van der Waals surface area contributed by atoms with Crippen LogP contribution in [0.1, 0.15) is 31.8 Å². The van der Waals surface area contributed by atoms with Gasteiger partial charge in [0, 0.05) is 11.8 Å². The summed E-state index contributed by atoms with van der Waals surface area (Å²) in [5, 5.41) is 4.74. The van der Waals surface area contributed by atoms with Crippen LogP contribution >= 0.6 is 0 Å². The molecule has 0 radical (unpaired) electrons. The molecular formula is C20H15N3O4. The molecule has 1 aromatic heterocycles. The molecule has 2 heterocycles. The predicted molar refractivity (Wildman–Crippen MR) is 94.5 cm³/mol. The van der Waals surface area contributed by atoms with Gasteiger partial charge >= 0.3 is 5.97 Å². The van der Waals surface area contributed by atoms with Gasteiger partial charge in [-0.25, -0.2) is 4.79 Å². The number of fused-ring (bicyclic) bond motifs is 1. The Morgan fingerprint density at radius 1 is 0.889 bits per heavy atom. The summed E-state index contributed by atoms with van der Waals surface area (Å²) in [4.78, 5) is 41.6. The molecule has 0 bridgehead atoms. The van der Waals surface area contributed by atoms with E-state index in [4.69, 9.17) is 4.84 Å². The number of benzene rings is 2. The van der Waals surface area contributed by atoms with E-state index in [2.05, 4.69) is 5.10 Å². The molecule has 0 saturated heterocycles. The van der Waals surface area contributed by atoms with Crippen LogP contribution in [-0.4, -0.2) is 32.6 Å². The van der Waals surface area contributed by atoms with Crippen molar-refractivity contribution in [1.29, 1.82) is 0 Å². The number of carbonyl (C=O) groups is 3. The normalized spacial score (nSPS) is 13.0.